The molecule has 0 aliphatic heterocycles. The van der Waals surface area contributed by atoms with Crippen molar-refractivity contribution in [1.82, 2.24) is 14.9 Å². The minimum atomic E-state index is -0.159. The molecule has 2 aromatic rings. The van der Waals surface area contributed by atoms with E-state index in [9.17, 15) is 9.59 Å². The number of carbonyl (C=O) groups is 1. The Morgan fingerprint density at radius 1 is 1.56 bits per heavy atom. The lowest BCUT2D eigenvalue weighted by atomic mass is 10.3. The highest BCUT2D eigenvalue weighted by atomic mass is 32.1. The first-order valence-electron chi connectivity index (χ1n) is 5.83. The lowest BCUT2D eigenvalue weighted by molar-refractivity contribution is -0.121. The summed E-state index contributed by atoms with van der Waals surface area (Å²) in [5.41, 5.74) is 1.58. The average Bonchev–Trinajstić information content (AvgIpc) is 2.73. The van der Waals surface area contributed by atoms with E-state index in [2.05, 4.69) is 10.3 Å². The van der Waals surface area contributed by atoms with Crippen LogP contribution in [0.1, 0.15) is 18.9 Å². The highest BCUT2D eigenvalue weighted by molar-refractivity contribution is 7.17. The molecule has 18 heavy (non-hydrogen) atoms. The van der Waals surface area contributed by atoms with Gasteiger partial charge in [0.1, 0.15) is 11.2 Å². The third-order valence-electron chi connectivity index (χ3n) is 2.61. The van der Waals surface area contributed by atoms with Crippen LogP contribution in [0.3, 0.4) is 0 Å². The second-order valence-electron chi connectivity index (χ2n) is 4.12. The van der Waals surface area contributed by atoms with Gasteiger partial charge in [-0.25, -0.2) is 4.98 Å². The van der Waals surface area contributed by atoms with E-state index in [1.807, 2.05) is 19.2 Å². The molecule has 0 atom stereocenters. The van der Waals surface area contributed by atoms with Crippen molar-refractivity contribution in [3.63, 3.8) is 0 Å². The van der Waals surface area contributed by atoms with Gasteiger partial charge in [0.2, 0.25) is 5.91 Å². The number of aromatic nitrogens is 2. The minimum Gasteiger partial charge on any atom is -0.355 e. The lowest BCUT2D eigenvalue weighted by Gasteiger charge is -2.05. The number of nitrogens with one attached hydrogen (secondary N) is 1. The van der Waals surface area contributed by atoms with Crippen LogP contribution in [0.15, 0.2) is 16.5 Å². The number of amides is 1. The zero-order valence-electron chi connectivity index (χ0n) is 10.4. The molecule has 0 saturated carbocycles. The molecule has 2 heterocycles. The van der Waals surface area contributed by atoms with Crippen molar-refractivity contribution in [2.24, 2.45) is 0 Å². The van der Waals surface area contributed by atoms with E-state index < -0.39 is 0 Å². The van der Waals surface area contributed by atoms with Crippen molar-refractivity contribution in [2.45, 2.75) is 26.8 Å². The monoisotopic (exact) mass is 265 g/mol. The van der Waals surface area contributed by atoms with Crippen LogP contribution in [0, 0.1) is 6.92 Å². The Morgan fingerprint density at radius 3 is 3.06 bits per heavy atom. The summed E-state index contributed by atoms with van der Waals surface area (Å²) in [6.07, 6.45) is 2.32. The Hall–Kier alpha value is -1.69. The molecule has 1 amide bonds. The van der Waals surface area contributed by atoms with E-state index in [0.29, 0.717) is 11.2 Å². The summed E-state index contributed by atoms with van der Waals surface area (Å²) < 4.78 is 1.96. The van der Waals surface area contributed by atoms with Crippen LogP contribution >= 0.6 is 11.3 Å². The van der Waals surface area contributed by atoms with Gasteiger partial charge in [-0.05, 0) is 24.3 Å². The molecule has 96 valence electrons. The zero-order valence-corrected chi connectivity index (χ0v) is 11.2. The summed E-state index contributed by atoms with van der Waals surface area (Å²) in [7, 11) is 0. The second-order valence-corrected chi connectivity index (χ2v) is 5.00. The number of hydrogen-bond acceptors (Lipinski definition) is 4. The molecular formula is C12H15N3O2S. The van der Waals surface area contributed by atoms with E-state index in [0.717, 1.165) is 17.5 Å². The maximum atomic E-state index is 12.1. The van der Waals surface area contributed by atoms with Crippen molar-refractivity contribution in [3.8, 4) is 0 Å². The van der Waals surface area contributed by atoms with Gasteiger partial charge in [0.05, 0.1) is 11.8 Å². The number of carbonyl (C=O) groups excluding carboxylic acids is 1. The van der Waals surface area contributed by atoms with Crippen molar-refractivity contribution in [3.05, 3.63) is 27.6 Å². The number of nitrogens with zero attached hydrogens (tertiary/aromatic N) is 2. The van der Waals surface area contributed by atoms with Crippen LogP contribution in [-0.4, -0.2) is 22.0 Å². The van der Waals surface area contributed by atoms with E-state index in [4.69, 9.17) is 0 Å². The highest BCUT2D eigenvalue weighted by Gasteiger charge is 2.10. The first kappa shape index (κ1) is 12.8. The first-order valence-corrected chi connectivity index (χ1v) is 6.71. The van der Waals surface area contributed by atoms with Gasteiger partial charge in [0, 0.05) is 6.54 Å². The fraction of sp³-hybridized carbons (Fsp3) is 0.417. The minimum absolute atomic E-state index is 0.0265. The lowest BCUT2D eigenvalue weighted by Crippen LogP contribution is -2.32. The largest absolute Gasteiger partial charge is 0.355 e. The normalized spacial score (nSPS) is 10.8. The van der Waals surface area contributed by atoms with Gasteiger partial charge < -0.3 is 5.32 Å². The van der Waals surface area contributed by atoms with E-state index >= 15 is 0 Å². The Balaban J connectivity index is 2.27. The Morgan fingerprint density at radius 2 is 2.33 bits per heavy atom. The number of thiophene rings is 1. The smallest absolute Gasteiger partial charge is 0.271 e. The van der Waals surface area contributed by atoms with Crippen LogP contribution in [0.2, 0.25) is 0 Å². The molecule has 0 bridgehead atoms. The topological polar surface area (TPSA) is 64.0 Å². The molecular weight excluding hydrogens is 250 g/mol. The molecule has 1 N–H and O–H groups in total. The van der Waals surface area contributed by atoms with Gasteiger partial charge in [-0.15, -0.1) is 11.3 Å². The molecule has 0 aliphatic carbocycles. The van der Waals surface area contributed by atoms with Crippen molar-refractivity contribution in [2.75, 3.05) is 6.54 Å². The summed E-state index contributed by atoms with van der Waals surface area (Å²) in [4.78, 5) is 27.9. The van der Waals surface area contributed by atoms with E-state index in [1.165, 1.54) is 22.2 Å². The molecule has 5 nitrogen and oxygen atoms in total. The third kappa shape index (κ3) is 2.43. The molecule has 0 fully saturated rings. The molecule has 2 rings (SSSR count). The maximum absolute atomic E-state index is 12.1. The summed E-state index contributed by atoms with van der Waals surface area (Å²) in [6, 6.07) is 0. The standard InChI is InChI=1S/C12H15N3O2S/c1-3-4-13-9(16)5-15-7-14-10-8(2)6-18-11(10)12(15)17/h6-7H,3-5H2,1-2H3,(H,13,16). The number of fused-ring (bicyclic) bond motifs is 1. The summed E-state index contributed by atoms with van der Waals surface area (Å²) in [6.45, 7) is 4.55. The van der Waals surface area contributed by atoms with E-state index in [1.54, 1.807) is 0 Å². The predicted molar refractivity (Wildman–Crippen MR) is 71.9 cm³/mol. The van der Waals surface area contributed by atoms with Gasteiger partial charge in [-0.2, -0.15) is 0 Å². The van der Waals surface area contributed by atoms with Gasteiger partial charge in [-0.3, -0.25) is 14.2 Å². The molecule has 0 aromatic carbocycles. The second kappa shape index (κ2) is 5.30. The van der Waals surface area contributed by atoms with Crippen molar-refractivity contribution in [1.29, 1.82) is 0 Å². The fourth-order valence-corrected chi connectivity index (χ4v) is 2.60. The van der Waals surface area contributed by atoms with Gasteiger partial charge in [0.25, 0.3) is 5.56 Å². The number of rotatable bonds is 4. The Labute approximate surface area is 108 Å². The van der Waals surface area contributed by atoms with Crippen LogP contribution < -0.4 is 10.9 Å². The highest BCUT2D eigenvalue weighted by Crippen LogP contribution is 2.19. The molecule has 6 heteroatoms. The molecule has 0 saturated heterocycles. The summed E-state index contributed by atoms with van der Waals surface area (Å²) in [5, 5.41) is 4.64. The van der Waals surface area contributed by atoms with E-state index in [-0.39, 0.29) is 18.0 Å². The van der Waals surface area contributed by atoms with Gasteiger partial charge >= 0.3 is 0 Å². The van der Waals surface area contributed by atoms with Crippen molar-refractivity contribution < 1.29 is 4.79 Å². The maximum Gasteiger partial charge on any atom is 0.271 e. The molecule has 0 radical (unpaired) electrons. The number of hydrogen-bond donors (Lipinski definition) is 1. The molecule has 2 aromatic heterocycles. The van der Waals surface area contributed by atoms with Crippen molar-refractivity contribution >= 4 is 27.5 Å². The van der Waals surface area contributed by atoms with Crippen LogP contribution in [-0.2, 0) is 11.3 Å². The third-order valence-corrected chi connectivity index (χ3v) is 3.68. The summed E-state index contributed by atoms with van der Waals surface area (Å²) >= 11 is 1.37. The molecule has 0 spiro atoms. The first-order chi connectivity index (χ1) is 8.63. The Bertz CT molecular complexity index is 630. The number of aryl methyl sites for hydroxylation is 1. The Kier molecular flexibility index (Phi) is 3.76. The zero-order chi connectivity index (χ0) is 13.1. The molecule has 0 aliphatic rings. The SMILES string of the molecule is CCCNC(=O)Cn1cnc2c(C)csc2c1=O. The summed E-state index contributed by atoms with van der Waals surface area (Å²) in [5.74, 6) is -0.159. The fourth-order valence-electron chi connectivity index (χ4n) is 1.65. The van der Waals surface area contributed by atoms with Crippen LogP contribution in [0.25, 0.3) is 10.2 Å². The van der Waals surface area contributed by atoms with Gasteiger partial charge in [-0.1, -0.05) is 6.92 Å². The quantitative estimate of drug-likeness (QED) is 0.906. The average molecular weight is 265 g/mol. The predicted octanol–water partition coefficient (Wildman–Crippen LogP) is 1.29. The molecule has 0 unspecified atom stereocenters. The van der Waals surface area contributed by atoms with Gasteiger partial charge in [0.15, 0.2) is 0 Å². The van der Waals surface area contributed by atoms with Crippen LogP contribution in [0.4, 0.5) is 0 Å². The van der Waals surface area contributed by atoms with Crippen LogP contribution in [0.5, 0.6) is 0 Å².